The summed E-state index contributed by atoms with van der Waals surface area (Å²) < 4.78 is 9.57. The van der Waals surface area contributed by atoms with Gasteiger partial charge in [0, 0.05) is 25.5 Å². The lowest BCUT2D eigenvalue weighted by Crippen LogP contribution is -2.37. The molecule has 6 heteroatoms. The quantitative estimate of drug-likeness (QED) is 0.531. The molecule has 19 heavy (non-hydrogen) atoms. The van der Waals surface area contributed by atoms with Gasteiger partial charge in [-0.15, -0.1) is 0 Å². The first-order valence-corrected chi connectivity index (χ1v) is 6.28. The Balaban J connectivity index is 2.28. The standard InChI is InChI=1S/C13H19NO5/c1-10(14-9-5-6-11(14)15)19-13(17)8-4-3-7-12(16)18-2/h4,8,10H,3,5-7,9H2,1-2H3/b8-4-. The maximum absolute atomic E-state index is 11.5. The lowest BCUT2D eigenvalue weighted by molar-refractivity contribution is -0.156. The second kappa shape index (κ2) is 7.56. The minimum atomic E-state index is -0.548. The molecule has 1 heterocycles. The maximum Gasteiger partial charge on any atom is 0.332 e. The van der Waals surface area contributed by atoms with Crippen LogP contribution >= 0.6 is 0 Å². The molecule has 0 radical (unpaired) electrons. The van der Waals surface area contributed by atoms with Gasteiger partial charge in [0.15, 0.2) is 6.23 Å². The first kappa shape index (κ1) is 15.2. The van der Waals surface area contributed by atoms with Crippen molar-refractivity contribution in [1.82, 2.24) is 4.90 Å². The number of allylic oxidation sites excluding steroid dienone is 1. The fourth-order valence-electron chi connectivity index (χ4n) is 1.81. The van der Waals surface area contributed by atoms with E-state index in [1.165, 1.54) is 13.2 Å². The zero-order chi connectivity index (χ0) is 14.3. The van der Waals surface area contributed by atoms with Gasteiger partial charge in [0.1, 0.15) is 0 Å². The van der Waals surface area contributed by atoms with Gasteiger partial charge in [0.05, 0.1) is 7.11 Å². The van der Waals surface area contributed by atoms with Gasteiger partial charge in [-0.1, -0.05) is 6.08 Å². The number of nitrogens with zero attached hydrogens (tertiary/aromatic N) is 1. The number of rotatable bonds is 6. The van der Waals surface area contributed by atoms with Crippen LogP contribution in [0.15, 0.2) is 12.2 Å². The zero-order valence-electron chi connectivity index (χ0n) is 11.3. The van der Waals surface area contributed by atoms with Gasteiger partial charge in [-0.05, 0) is 19.8 Å². The minimum absolute atomic E-state index is 0.00923. The van der Waals surface area contributed by atoms with Crippen molar-refractivity contribution in [3.05, 3.63) is 12.2 Å². The highest BCUT2D eigenvalue weighted by molar-refractivity contribution is 5.83. The van der Waals surface area contributed by atoms with E-state index < -0.39 is 12.2 Å². The number of hydrogen-bond acceptors (Lipinski definition) is 5. The molecule has 1 unspecified atom stereocenters. The van der Waals surface area contributed by atoms with E-state index in [4.69, 9.17) is 4.74 Å². The molecule has 0 aliphatic carbocycles. The second-order valence-electron chi connectivity index (χ2n) is 4.24. The van der Waals surface area contributed by atoms with Crippen LogP contribution in [0.25, 0.3) is 0 Å². The van der Waals surface area contributed by atoms with Crippen LogP contribution in [-0.4, -0.2) is 42.6 Å². The fourth-order valence-corrected chi connectivity index (χ4v) is 1.81. The molecule has 0 aromatic heterocycles. The molecule has 1 fully saturated rings. The van der Waals surface area contributed by atoms with Crippen LogP contribution in [0.2, 0.25) is 0 Å². The Kier molecular flexibility index (Phi) is 6.05. The normalized spacial score (nSPS) is 16.7. The molecule has 1 amide bonds. The van der Waals surface area contributed by atoms with E-state index in [-0.39, 0.29) is 18.3 Å². The minimum Gasteiger partial charge on any atom is -0.469 e. The molecule has 0 aromatic rings. The summed E-state index contributed by atoms with van der Waals surface area (Å²) in [7, 11) is 1.31. The summed E-state index contributed by atoms with van der Waals surface area (Å²) >= 11 is 0. The van der Waals surface area contributed by atoms with Crippen LogP contribution in [0.5, 0.6) is 0 Å². The largest absolute Gasteiger partial charge is 0.469 e. The van der Waals surface area contributed by atoms with Crippen LogP contribution in [0.3, 0.4) is 0 Å². The molecule has 1 atom stereocenters. The molecule has 1 saturated heterocycles. The molecule has 0 bridgehead atoms. The molecule has 0 spiro atoms. The number of methoxy groups -OCH3 is 1. The van der Waals surface area contributed by atoms with E-state index in [0.29, 0.717) is 19.4 Å². The Labute approximate surface area is 112 Å². The molecule has 0 saturated carbocycles. The molecular weight excluding hydrogens is 250 g/mol. The first-order chi connectivity index (χ1) is 9.04. The van der Waals surface area contributed by atoms with Gasteiger partial charge in [0.2, 0.25) is 5.91 Å². The fraction of sp³-hybridized carbons (Fsp3) is 0.615. The average molecular weight is 269 g/mol. The monoisotopic (exact) mass is 269 g/mol. The summed E-state index contributed by atoms with van der Waals surface area (Å²) in [5.74, 6) is -0.832. The molecular formula is C13H19NO5. The SMILES string of the molecule is COC(=O)CC/C=C\C(=O)OC(C)N1CCCC1=O. The number of amides is 1. The van der Waals surface area contributed by atoms with Crippen molar-refractivity contribution in [1.29, 1.82) is 0 Å². The van der Waals surface area contributed by atoms with Crippen molar-refractivity contribution in [2.45, 2.75) is 38.8 Å². The van der Waals surface area contributed by atoms with Crippen molar-refractivity contribution in [2.24, 2.45) is 0 Å². The van der Waals surface area contributed by atoms with E-state index in [0.717, 1.165) is 6.42 Å². The topological polar surface area (TPSA) is 72.9 Å². The summed E-state index contributed by atoms with van der Waals surface area (Å²) in [5.41, 5.74) is 0. The van der Waals surface area contributed by atoms with Gasteiger partial charge < -0.3 is 14.4 Å². The third-order valence-electron chi connectivity index (χ3n) is 2.83. The lowest BCUT2D eigenvalue weighted by Gasteiger charge is -2.23. The van der Waals surface area contributed by atoms with E-state index in [9.17, 15) is 14.4 Å². The van der Waals surface area contributed by atoms with Gasteiger partial charge in [-0.2, -0.15) is 0 Å². The Morgan fingerprint density at radius 2 is 2.21 bits per heavy atom. The molecule has 1 aliphatic heterocycles. The van der Waals surface area contributed by atoms with E-state index >= 15 is 0 Å². The number of carbonyl (C=O) groups excluding carboxylic acids is 3. The number of ether oxygens (including phenoxy) is 2. The van der Waals surface area contributed by atoms with Crippen molar-refractivity contribution in [3.63, 3.8) is 0 Å². The van der Waals surface area contributed by atoms with Gasteiger partial charge in [-0.25, -0.2) is 4.79 Å². The highest BCUT2D eigenvalue weighted by Gasteiger charge is 2.26. The second-order valence-corrected chi connectivity index (χ2v) is 4.24. The summed E-state index contributed by atoms with van der Waals surface area (Å²) in [6.07, 6.45) is 4.22. The molecule has 0 N–H and O–H groups in total. The van der Waals surface area contributed by atoms with Crippen LogP contribution in [0.4, 0.5) is 0 Å². The van der Waals surface area contributed by atoms with Crippen LogP contribution in [0.1, 0.15) is 32.6 Å². The third kappa shape index (κ3) is 5.11. The van der Waals surface area contributed by atoms with Crippen LogP contribution in [0, 0.1) is 0 Å². The zero-order valence-corrected chi connectivity index (χ0v) is 11.3. The first-order valence-electron chi connectivity index (χ1n) is 6.28. The summed E-state index contributed by atoms with van der Waals surface area (Å²) in [5, 5.41) is 0. The Bertz CT molecular complexity index is 377. The summed E-state index contributed by atoms with van der Waals surface area (Å²) in [6.45, 7) is 2.29. The molecule has 1 rings (SSSR count). The van der Waals surface area contributed by atoms with Gasteiger partial charge >= 0.3 is 11.9 Å². The van der Waals surface area contributed by atoms with Crippen LogP contribution in [-0.2, 0) is 23.9 Å². The van der Waals surface area contributed by atoms with E-state index in [1.807, 2.05) is 0 Å². The van der Waals surface area contributed by atoms with Crippen molar-refractivity contribution >= 4 is 17.8 Å². The Morgan fingerprint density at radius 1 is 1.47 bits per heavy atom. The number of carbonyl (C=O) groups is 3. The van der Waals surface area contributed by atoms with Crippen molar-refractivity contribution in [2.75, 3.05) is 13.7 Å². The maximum atomic E-state index is 11.5. The number of likely N-dealkylation sites (tertiary alicyclic amines) is 1. The molecule has 0 aromatic carbocycles. The Morgan fingerprint density at radius 3 is 2.79 bits per heavy atom. The number of esters is 2. The average Bonchev–Trinajstić information content (AvgIpc) is 2.80. The highest BCUT2D eigenvalue weighted by atomic mass is 16.6. The Hall–Kier alpha value is -1.85. The summed E-state index contributed by atoms with van der Waals surface area (Å²) in [4.78, 5) is 35.3. The van der Waals surface area contributed by atoms with E-state index in [2.05, 4.69) is 4.74 Å². The van der Waals surface area contributed by atoms with Gasteiger partial charge in [-0.3, -0.25) is 9.59 Å². The van der Waals surface area contributed by atoms with Gasteiger partial charge in [0.25, 0.3) is 0 Å². The molecule has 106 valence electrons. The van der Waals surface area contributed by atoms with Crippen LogP contribution < -0.4 is 0 Å². The number of hydrogen-bond donors (Lipinski definition) is 0. The molecule has 6 nitrogen and oxygen atoms in total. The lowest BCUT2D eigenvalue weighted by atomic mass is 10.3. The highest BCUT2D eigenvalue weighted by Crippen LogP contribution is 2.14. The molecule has 1 aliphatic rings. The van der Waals surface area contributed by atoms with Crippen molar-refractivity contribution in [3.8, 4) is 0 Å². The third-order valence-corrected chi connectivity index (χ3v) is 2.83. The summed E-state index contributed by atoms with van der Waals surface area (Å²) in [6, 6.07) is 0. The van der Waals surface area contributed by atoms with Crippen molar-refractivity contribution < 1.29 is 23.9 Å². The predicted molar refractivity (Wildman–Crippen MR) is 66.9 cm³/mol. The predicted octanol–water partition coefficient (Wildman–Crippen LogP) is 1.01. The van der Waals surface area contributed by atoms with E-state index in [1.54, 1.807) is 17.9 Å². The smallest absolute Gasteiger partial charge is 0.332 e.